The second kappa shape index (κ2) is 5.09. The molecule has 0 aromatic carbocycles. The van der Waals surface area contributed by atoms with Crippen molar-refractivity contribution in [2.24, 2.45) is 0 Å². The first-order valence-corrected chi connectivity index (χ1v) is 5.07. The molecule has 90 valence electrons. The van der Waals surface area contributed by atoms with E-state index >= 15 is 0 Å². The molecule has 1 unspecified atom stereocenters. The molecule has 0 aliphatic rings. The third kappa shape index (κ3) is 3.63. The molecule has 6 nitrogen and oxygen atoms in total. The van der Waals surface area contributed by atoms with E-state index in [1.165, 1.54) is 0 Å². The molecule has 0 saturated heterocycles. The zero-order valence-electron chi connectivity index (χ0n) is 9.78. The average Bonchev–Trinajstić information content (AvgIpc) is 2.26. The van der Waals surface area contributed by atoms with Crippen LogP contribution >= 0.6 is 0 Å². The summed E-state index contributed by atoms with van der Waals surface area (Å²) < 4.78 is 0. The Morgan fingerprint density at radius 2 is 2.00 bits per heavy atom. The monoisotopic (exact) mass is 226 g/mol. The maximum absolute atomic E-state index is 9.61. The molecule has 0 spiro atoms. The van der Waals surface area contributed by atoms with Crippen molar-refractivity contribution in [2.45, 2.75) is 19.4 Å². The number of hydrogen-bond donors (Lipinski definition) is 4. The Bertz CT molecular complexity index is 355. The van der Waals surface area contributed by atoms with Crippen molar-refractivity contribution in [3.8, 4) is 0 Å². The zero-order valence-corrected chi connectivity index (χ0v) is 9.78. The highest BCUT2D eigenvalue weighted by Gasteiger charge is 2.18. The van der Waals surface area contributed by atoms with Crippen LogP contribution in [0, 0.1) is 6.92 Å². The standard InChI is InChI=1S/C10H18N4O2/c1-7-13-8(11-3)4-9(14-7)12-5-10(2,16)6-15/h4,15-16H,5-6H2,1-3H3,(H2,11,12,13,14). The van der Waals surface area contributed by atoms with Crippen molar-refractivity contribution in [1.82, 2.24) is 9.97 Å². The van der Waals surface area contributed by atoms with Gasteiger partial charge in [-0.05, 0) is 13.8 Å². The van der Waals surface area contributed by atoms with Crippen LogP contribution in [0.3, 0.4) is 0 Å². The quantitative estimate of drug-likeness (QED) is 0.564. The number of aliphatic hydroxyl groups excluding tert-OH is 1. The van der Waals surface area contributed by atoms with Gasteiger partial charge in [0.1, 0.15) is 23.1 Å². The summed E-state index contributed by atoms with van der Waals surface area (Å²) in [5.41, 5.74) is -1.15. The summed E-state index contributed by atoms with van der Waals surface area (Å²) >= 11 is 0. The highest BCUT2D eigenvalue weighted by atomic mass is 16.3. The van der Waals surface area contributed by atoms with E-state index in [-0.39, 0.29) is 13.2 Å². The van der Waals surface area contributed by atoms with Crippen LogP contribution in [0.15, 0.2) is 6.07 Å². The minimum Gasteiger partial charge on any atom is -0.393 e. The third-order valence-electron chi connectivity index (χ3n) is 2.09. The number of aromatic nitrogens is 2. The molecule has 6 heteroatoms. The molecule has 1 aromatic rings. The Hall–Kier alpha value is -1.40. The lowest BCUT2D eigenvalue weighted by molar-refractivity contribution is 0.0131. The van der Waals surface area contributed by atoms with E-state index in [4.69, 9.17) is 5.11 Å². The van der Waals surface area contributed by atoms with E-state index in [0.29, 0.717) is 17.5 Å². The summed E-state index contributed by atoms with van der Waals surface area (Å²) in [7, 11) is 1.77. The van der Waals surface area contributed by atoms with Crippen molar-refractivity contribution in [2.75, 3.05) is 30.8 Å². The number of aryl methyl sites for hydroxylation is 1. The van der Waals surface area contributed by atoms with Crippen molar-refractivity contribution < 1.29 is 10.2 Å². The van der Waals surface area contributed by atoms with Gasteiger partial charge in [0.25, 0.3) is 0 Å². The van der Waals surface area contributed by atoms with Crippen LogP contribution < -0.4 is 10.6 Å². The van der Waals surface area contributed by atoms with E-state index < -0.39 is 5.60 Å². The fourth-order valence-corrected chi connectivity index (χ4v) is 1.12. The van der Waals surface area contributed by atoms with Gasteiger partial charge < -0.3 is 20.8 Å². The van der Waals surface area contributed by atoms with E-state index in [2.05, 4.69) is 20.6 Å². The lowest BCUT2D eigenvalue weighted by atomic mass is 10.1. The first kappa shape index (κ1) is 12.7. The summed E-state index contributed by atoms with van der Waals surface area (Å²) in [6.07, 6.45) is 0. The number of hydrogen-bond acceptors (Lipinski definition) is 6. The van der Waals surface area contributed by atoms with Gasteiger partial charge in [-0.2, -0.15) is 0 Å². The third-order valence-corrected chi connectivity index (χ3v) is 2.09. The van der Waals surface area contributed by atoms with Gasteiger partial charge in [0.05, 0.1) is 6.61 Å². The number of anilines is 2. The minimum absolute atomic E-state index is 0.225. The lowest BCUT2D eigenvalue weighted by Crippen LogP contribution is -2.37. The Kier molecular flexibility index (Phi) is 4.03. The fourth-order valence-electron chi connectivity index (χ4n) is 1.12. The molecule has 1 atom stereocenters. The molecule has 0 radical (unpaired) electrons. The van der Waals surface area contributed by atoms with Crippen molar-refractivity contribution in [3.05, 3.63) is 11.9 Å². The molecule has 0 fully saturated rings. The molecule has 0 saturated carbocycles. The van der Waals surface area contributed by atoms with Gasteiger partial charge >= 0.3 is 0 Å². The molecule has 0 bridgehead atoms. The van der Waals surface area contributed by atoms with Crippen molar-refractivity contribution >= 4 is 11.6 Å². The Morgan fingerprint density at radius 1 is 1.38 bits per heavy atom. The molecule has 0 amide bonds. The zero-order chi connectivity index (χ0) is 12.2. The van der Waals surface area contributed by atoms with Gasteiger partial charge in [0.2, 0.25) is 0 Å². The maximum atomic E-state index is 9.61. The summed E-state index contributed by atoms with van der Waals surface area (Å²) in [6.45, 7) is 3.26. The number of nitrogens with one attached hydrogen (secondary N) is 2. The van der Waals surface area contributed by atoms with Gasteiger partial charge in [0.15, 0.2) is 0 Å². The van der Waals surface area contributed by atoms with Crippen LogP contribution in [-0.2, 0) is 0 Å². The first-order chi connectivity index (χ1) is 7.46. The molecular formula is C10H18N4O2. The smallest absolute Gasteiger partial charge is 0.131 e. The van der Waals surface area contributed by atoms with Crippen LogP contribution in [0.25, 0.3) is 0 Å². The summed E-state index contributed by atoms with van der Waals surface area (Å²) in [5, 5.41) is 24.4. The van der Waals surface area contributed by atoms with E-state index in [1.54, 1.807) is 27.0 Å². The van der Waals surface area contributed by atoms with Crippen molar-refractivity contribution in [3.63, 3.8) is 0 Å². The minimum atomic E-state index is -1.15. The highest BCUT2D eigenvalue weighted by Crippen LogP contribution is 2.11. The molecule has 4 N–H and O–H groups in total. The largest absolute Gasteiger partial charge is 0.393 e. The van der Waals surface area contributed by atoms with Gasteiger partial charge in [-0.1, -0.05) is 0 Å². The van der Waals surface area contributed by atoms with Crippen LogP contribution in [0.4, 0.5) is 11.6 Å². The molecule has 1 aromatic heterocycles. The molecule has 16 heavy (non-hydrogen) atoms. The topological polar surface area (TPSA) is 90.3 Å². The molecule has 0 aliphatic carbocycles. The fraction of sp³-hybridized carbons (Fsp3) is 0.600. The van der Waals surface area contributed by atoms with Gasteiger partial charge in [0, 0.05) is 19.7 Å². The summed E-state index contributed by atoms with van der Waals surface area (Å²) in [5.74, 6) is 1.96. The predicted octanol–water partition coefficient (Wildman–Crippen LogP) is -0.0181. The van der Waals surface area contributed by atoms with Crippen LogP contribution in [0.1, 0.15) is 12.7 Å². The number of rotatable bonds is 5. The Morgan fingerprint density at radius 3 is 2.56 bits per heavy atom. The summed E-state index contributed by atoms with van der Waals surface area (Å²) in [6, 6.07) is 1.74. The molecular weight excluding hydrogens is 208 g/mol. The molecule has 0 aliphatic heterocycles. The average molecular weight is 226 g/mol. The number of nitrogens with zero attached hydrogens (tertiary/aromatic N) is 2. The molecule has 1 rings (SSSR count). The van der Waals surface area contributed by atoms with Gasteiger partial charge in [-0.3, -0.25) is 0 Å². The predicted molar refractivity (Wildman–Crippen MR) is 62.5 cm³/mol. The maximum Gasteiger partial charge on any atom is 0.131 e. The Balaban J connectivity index is 2.70. The van der Waals surface area contributed by atoms with Crippen LogP contribution in [0.5, 0.6) is 0 Å². The first-order valence-electron chi connectivity index (χ1n) is 5.07. The lowest BCUT2D eigenvalue weighted by Gasteiger charge is -2.21. The highest BCUT2D eigenvalue weighted by molar-refractivity contribution is 5.47. The number of aliphatic hydroxyl groups is 2. The second-order valence-electron chi connectivity index (χ2n) is 3.94. The SMILES string of the molecule is CNc1cc(NCC(C)(O)CO)nc(C)n1. The van der Waals surface area contributed by atoms with E-state index in [0.717, 1.165) is 0 Å². The molecule has 1 heterocycles. The Labute approximate surface area is 94.7 Å². The van der Waals surface area contributed by atoms with Gasteiger partial charge in [-0.25, -0.2) is 9.97 Å². The summed E-state index contributed by atoms with van der Waals surface area (Å²) in [4.78, 5) is 8.31. The van der Waals surface area contributed by atoms with Crippen LogP contribution in [0.2, 0.25) is 0 Å². The normalized spacial score (nSPS) is 14.3. The van der Waals surface area contributed by atoms with Crippen LogP contribution in [-0.4, -0.2) is 46.0 Å². The van der Waals surface area contributed by atoms with Crippen molar-refractivity contribution in [1.29, 1.82) is 0 Å². The van der Waals surface area contributed by atoms with E-state index in [1.807, 2.05) is 0 Å². The second-order valence-corrected chi connectivity index (χ2v) is 3.94. The van der Waals surface area contributed by atoms with Gasteiger partial charge in [-0.15, -0.1) is 0 Å². The van der Waals surface area contributed by atoms with E-state index in [9.17, 15) is 5.11 Å².